The molecule has 3 aromatic carbocycles. The van der Waals surface area contributed by atoms with Crippen molar-refractivity contribution in [2.75, 3.05) is 12.0 Å². The number of Topliss-reactive ketones (excluding diaryl/α,β-unsaturated/α-hetero) is 1. The minimum atomic E-state index is -1.49. The third kappa shape index (κ3) is 2.94. The number of carbonyl (C=O) groups is 1. The molecule has 0 saturated carbocycles. The van der Waals surface area contributed by atoms with Crippen molar-refractivity contribution in [2.45, 2.75) is 18.0 Å². The van der Waals surface area contributed by atoms with Crippen molar-refractivity contribution in [1.29, 1.82) is 10.5 Å². The van der Waals surface area contributed by atoms with Crippen LogP contribution in [0.4, 0.5) is 5.69 Å². The summed E-state index contributed by atoms with van der Waals surface area (Å²) < 4.78 is 5.63. The standard InChI is InChI=1S/C28H21N3O2/c1-33-23-14-8-6-12-21(23)25-26(27(32)20-10-3-2-4-11-20)31-22-13-7-5-9-19(22)15-16-24(31)28(25,17-29)18-30/h2-16,24-26H,1H3/t24-,25+,26+/m1/s1. The maximum absolute atomic E-state index is 14.1. The minimum absolute atomic E-state index is 0.131. The number of nitriles is 2. The topological polar surface area (TPSA) is 77.1 Å². The van der Waals surface area contributed by atoms with Gasteiger partial charge in [0.25, 0.3) is 0 Å². The van der Waals surface area contributed by atoms with Crippen molar-refractivity contribution in [2.24, 2.45) is 5.41 Å². The molecule has 0 unspecified atom stereocenters. The Labute approximate surface area is 192 Å². The molecule has 3 aromatic rings. The molecule has 0 aromatic heterocycles. The number of rotatable bonds is 4. The Kier molecular flexibility index (Phi) is 4.96. The van der Waals surface area contributed by atoms with Gasteiger partial charge in [0, 0.05) is 22.7 Å². The first kappa shape index (κ1) is 20.5. The van der Waals surface area contributed by atoms with Gasteiger partial charge in [0.05, 0.1) is 25.3 Å². The molecule has 2 aliphatic rings. The average molecular weight is 431 g/mol. The van der Waals surface area contributed by atoms with Gasteiger partial charge in [-0.3, -0.25) is 4.79 Å². The summed E-state index contributed by atoms with van der Waals surface area (Å²) >= 11 is 0. The number of hydrogen-bond donors (Lipinski definition) is 0. The lowest BCUT2D eigenvalue weighted by Crippen LogP contribution is -2.44. The fraction of sp³-hybridized carbons (Fsp3) is 0.179. The molecule has 1 fully saturated rings. The number of ketones is 1. The maximum Gasteiger partial charge on any atom is 0.185 e. The average Bonchev–Trinajstić information content (AvgIpc) is 3.19. The predicted octanol–water partition coefficient (Wildman–Crippen LogP) is 4.98. The third-order valence-electron chi connectivity index (χ3n) is 6.72. The number of ether oxygens (including phenoxy) is 1. The van der Waals surface area contributed by atoms with Crippen LogP contribution < -0.4 is 9.64 Å². The van der Waals surface area contributed by atoms with E-state index in [0.717, 1.165) is 11.3 Å². The van der Waals surface area contributed by atoms with E-state index in [1.807, 2.05) is 77.7 Å². The van der Waals surface area contributed by atoms with Crippen molar-refractivity contribution in [3.05, 3.63) is 102 Å². The molecule has 3 atom stereocenters. The predicted molar refractivity (Wildman–Crippen MR) is 126 cm³/mol. The lowest BCUT2D eigenvalue weighted by Gasteiger charge is -2.35. The van der Waals surface area contributed by atoms with E-state index in [9.17, 15) is 15.3 Å². The maximum atomic E-state index is 14.1. The number of para-hydroxylation sites is 2. The van der Waals surface area contributed by atoms with Gasteiger partial charge in [0.2, 0.25) is 0 Å². The molecule has 0 radical (unpaired) electrons. The van der Waals surface area contributed by atoms with Crippen LogP contribution in [0.1, 0.15) is 27.4 Å². The Morgan fingerprint density at radius 2 is 1.61 bits per heavy atom. The van der Waals surface area contributed by atoms with Crippen molar-refractivity contribution >= 4 is 17.5 Å². The van der Waals surface area contributed by atoms with E-state index in [-0.39, 0.29) is 5.78 Å². The van der Waals surface area contributed by atoms with E-state index in [4.69, 9.17) is 4.74 Å². The van der Waals surface area contributed by atoms with E-state index >= 15 is 0 Å². The highest BCUT2D eigenvalue weighted by Crippen LogP contribution is 2.56. The quantitative estimate of drug-likeness (QED) is 0.545. The minimum Gasteiger partial charge on any atom is -0.496 e. The van der Waals surface area contributed by atoms with E-state index in [1.165, 1.54) is 0 Å². The van der Waals surface area contributed by atoms with Crippen LogP contribution in [-0.4, -0.2) is 25.0 Å². The molecule has 5 nitrogen and oxygen atoms in total. The van der Waals surface area contributed by atoms with E-state index in [1.54, 1.807) is 25.3 Å². The molecule has 0 spiro atoms. The number of benzene rings is 3. The van der Waals surface area contributed by atoms with Gasteiger partial charge < -0.3 is 9.64 Å². The van der Waals surface area contributed by atoms with Gasteiger partial charge >= 0.3 is 0 Å². The van der Waals surface area contributed by atoms with Crippen molar-refractivity contribution in [1.82, 2.24) is 0 Å². The molecular formula is C28H21N3O2. The fourth-order valence-electron chi connectivity index (χ4n) is 5.27. The van der Waals surface area contributed by atoms with E-state index in [0.29, 0.717) is 16.9 Å². The summed E-state index contributed by atoms with van der Waals surface area (Å²) in [4.78, 5) is 16.1. The third-order valence-corrected chi connectivity index (χ3v) is 6.72. The zero-order valence-corrected chi connectivity index (χ0v) is 18.1. The molecule has 0 bridgehead atoms. The number of fused-ring (bicyclic) bond motifs is 3. The van der Waals surface area contributed by atoms with Gasteiger partial charge in [-0.25, -0.2) is 0 Å². The van der Waals surface area contributed by atoms with Crippen molar-refractivity contribution < 1.29 is 9.53 Å². The van der Waals surface area contributed by atoms with Crippen LogP contribution in [0.15, 0.2) is 84.9 Å². The van der Waals surface area contributed by atoms with Gasteiger partial charge in [-0.05, 0) is 17.7 Å². The molecule has 1 saturated heterocycles. The van der Waals surface area contributed by atoms with Gasteiger partial charge in [-0.15, -0.1) is 0 Å². The molecule has 0 aliphatic carbocycles. The Bertz CT molecular complexity index is 1320. The second kappa shape index (κ2) is 7.97. The highest BCUT2D eigenvalue weighted by molar-refractivity contribution is 6.04. The van der Waals surface area contributed by atoms with E-state index < -0.39 is 23.4 Å². The first-order chi connectivity index (χ1) is 16.2. The summed E-state index contributed by atoms with van der Waals surface area (Å²) in [5.41, 5.74) is 1.52. The lowest BCUT2D eigenvalue weighted by molar-refractivity contribution is 0.0950. The van der Waals surface area contributed by atoms with E-state index in [2.05, 4.69) is 12.1 Å². The van der Waals surface area contributed by atoms with Crippen LogP contribution in [0.25, 0.3) is 6.08 Å². The van der Waals surface area contributed by atoms with Crippen molar-refractivity contribution in [3.8, 4) is 17.9 Å². The number of hydrogen-bond acceptors (Lipinski definition) is 5. The van der Waals surface area contributed by atoms with Crippen LogP contribution in [0.3, 0.4) is 0 Å². The zero-order chi connectivity index (χ0) is 23.0. The van der Waals surface area contributed by atoms with Crippen LogP contribution in [0, 0.1) is 28.1 Å². The SMILES string of the molecule is COc1ccccc1[C@H]1[C@@H](C(=O)c2ccccc2)N2c3ccccc3C=C[C@@H]2C1(C#N)C#N. The Morgan fingerprint density at radius 3 is 2.33 bits per heavy atom. The van der Waals surface area contributed by atoms with Crippen LogP contribution in [-0.2, 0) is 0 Å². The summed E-state index contributed by atoms with van der Waals surface area (Å²) in [6.07, 6.45) is 3.82. The van der Waals surface area contributed by atoms with Gasteiger partial charge in [0.15, 0.2) is 11.2 Å². The number of methoxy groups -OCH3 is 1. The number of carbonyl (C=O) groups excluding carboxylic acids is 1. The second-order valence-electron chi connectivity index (χ2n) is 8.26. The molecule has 160 valence electrons. The molecular weight excluding hydrogens is 410 g/mol. The monoisotopic (exact) mass is 431 g/mol. The number of nitrogens with zero attached hydrogens (tertiary/aromatic N) is 3. The normalized spacial score (nSPS) is 21.9. The van der Waals surface area contributed by atoms with Crippen LogP contribution in [0.2, 0.25) is 0 Å². The highest BCUT2D eigenvalue weighted by Gasteiger charge is 2.63. The van der Waals surface area contributed by atoms with Gasteiger partial charge in [0.1, 0.15) is 11.8 Å². The summed E-state index contributed by atoms with van der Waals surface area (Å²) in [6, 6.07) is 27.5. The van der Waals surface area contributed by atoms with Gasteiger partial charge in [-0.2, -0.15) is 10.5 Å². The molecule has 2 aliphatic heterocycles. The van der Waals surface area contributed by atoms with Gasteiger partial charge in [-0.1, -0.05) is 78.9 Å². The lowest BCUT2D eigenvalue weighted by atomic mass is 9.69. The zero-order valence-electron chi connectivity index (χ0n) is 18.1. The first-order valence-corrected chi connectivity index (χ1v) is 10.8. The smallest absolute Gasteiger partial charge is 0.185 e. The van der Waals surface area contributed by atoms with Crippen molar-refractivity contribution in [3.63, 3.8) is 0 Å². The summed E-state index contributed by atoms with van der Waals surface area (Å²) in [5, 5.41) is 21.0. The molecule has 0 amide bonds. The molecule has 5 heteroatoms. The molecule has 2 heterocycles. The largest absolute Gasteiger partial charge is 0.496 e. The highest BCUT2D eigenvalue weighted by atomic mass is 16.5. The molecule has 5 rings (SSSR count). The second-order valence-corrected chi connectivity index (χ2v) is 8.26. The van der Waals surface area contributed by atoms with Crippen LogP contribution >= 0.6 is 0 Å². The van der Waals surface area contributed by atoms with Crippen LogP contribution in [0.5, 0.6) is 5.75 Å². The molecule has 33 heavy (non-hydrogen) atoms. The Balaban J connectivity index is 1.82. The number of anilines is 1. The Morgan fingerprint density at radius 1 is 0.939 bits per heavy atom. The summed E-state index contributed by atoms with van der Waals surface area (Å²) in [5.74, 6) is -0.300. The summed E-state index contributed by atoms with van der Waals surface area (Å²) in [6.45, 7) is 0. The Hall–Kier alpha value is -4.35. The summed E-state index contributed by atoms with van der Waals surface area (Å²) in [7, 11) is 1.56. The first-order valence-electron chi connectivity index (χ1n) is 10.8. The molecule has 0 N–H and O–H groups in total. The fourth-order valence-corrected chi connectivity index (χ4v) is 5.27.